The van der Waals surface area contributed by atoms with Crippen molar-refractivity contribution in [3.63, 3.8) is 0 Å². The maximum atomic E-state index is 13.5. The minimum atomic E-state index is -1.06. The number of Topliss-reactive ketones (excluding diaryl/α,β-unsaturated/α-hetero) is 1. The number of hydrogen-bond acceptors (Lipinski definition) is 5. The fourth-order valence-corrected chi connectivity index (χ4v) is 9.87. The van der Waals surface area contributed by atoms with Gasteiger partial charge in [0.2, 0.25) is 0 Å². The van der Waals surface area contributed by atoms with E-state index in [9.17, 15) is 19.5 Å². The van der Waals surface area contributed by atoms with Gasteiger partial charge in [-0.05, 0) is 111 Å². The Hall–Kier alpha value is -1.27. The molecule has 6 heteroatoms. The van der Waals surface area contributed by atoms with Crippen LogP contribution in [0.5, 0.6) is 0 Å². The molecule has 4 N–H and O–H groups in total. The topological polar surface area (TPSA) is 118 Å². The number of carboxylic acids is 1. The molecule has 5 unspecified atom stereocenters. The van der Waals surface area contributed by atoms with Gasteiger partial charge in [0, 0.05) is 18.8 Å². The Bertz CT molecular complexity index is 815. The summed E-state index contributed by atoms with van der Waals surface area (Å²) in [6.07, 6.45) is 11.8. The molecule has 0 spiro atoms. The van der Waals surface area contributed by atoms with E-state index in [2.05, 4.69) is 27.1 Å². The van der Waals surface area contributed by atoms with Crippen LogP contribution in [0, 0.1) is 52.3 Å². The molecule has 0 saturated heterocycles. The van der Waals surface area contributed by atoms with Crippen LogP contribution in [0.4, 0.5) is 0 Å². The molecule has 6 nitrogen and oxygen atoms in total. The highest BCUT2D eigenvalue weighted by atomic mass is 16.4. The maximum Gasteiger partial charge on any atom is 0.320 e. The highest BCUT2D eigenvalue weighted by Gasteiger charge is 2.63. The number of aliphatic hydroxyl groups is 1. The predicted molar refractivity (Wildman–Crippen MR) is 134 cm³/mol. The molecule has 4 rings (SSSR count). The van der Waals surface area contributed by atoms with Gasteiger partial charge in [-0.25, -0.2) is 0 Å². The average Bonchev–Trinajstić information content (AvgIpc) is 3.18. The summed E-state index contributed by atoms with van der Waals surface area (Å²) in [6.45, 7) is 7.15. The van der Waals surface area contributed by atoms with Gasteiger partial charge in [-0.3, -0.25) is 14.4 Å². The van der Waals surface area contributed by atoms with E-state index >= 15 is 0 Å². The van der Waals surface area contributed by atoms with Gasteiger partial charge in [-0.15, -0.1) is 0 Å². The zero-order valence-corrected chi connectivity index (χ0v) is 21.9. The molecule has 11 atom stereocenters. The van der Waals surface area contributed by atoms with E-state index in [1.807, 2.05) is 0 Å². The molecular formula is C29H46NO5. The first-order chi connectivity index (χ1) is 16.5. The van der Waals surface area contributed by atoms with Gasteiger partial charge in [0.05, 0.1) is 6.10 Å². The van der Waals surface area contributed by atoms with Crippen molar-refractivity contribution in [1.82, 2.24) is 0 Å². The Morgan fingerprint density at radius 1 is 1.06 bits per heavy atom. The lowest BCUT2D eigenvalue weighted by Crippen LogP contribution is -2.59. The van der Waals surface area contributed by atoms with Gasteiger partial charge in [-0.1, -0.05) is 20.8 Å². The van der Waals surface area contributed by atoms with E-state index in [4.69, 9.17) is 10.8 Å². The number of ketones is 1. The molecule has 4 aliphatic carbocycles. The lowest BCUT2D eigenvalue weighted by molar-refractivity contribution is -0.169. The molecule has 4 saturated carbocycles. The van der Waals surface area contributed by atoms with Crippen LogP contribution in [-0.2, 0) is 14.4 Å². The molecule has 1 radical (unpaired) electrons. The van der Waals surface area contributed by atoms with E-state index in [1.54, 1.807) is 0 Å². The smallest absolute Gasteiger partial charge is 0.320 e. The third kappa shape index (κ3) is 4.63. The number of nitrogens with two attached hydrogens (primary N) is 1. The van der Waals surface area contributed by atoms with Crippen LogP contribution >= 0.6 is 0 Å². The van der Waals surface area contributed by atoms with Crippen LogP contribution in [0.2, 0.25) is 0 Å². The number of aliphatic hydroxyl groups excluding tert-OH is 1. The second-order valence-electron chi connectivity index (χ2n) is 13.0. The zero-order valence-electron chi connectivity index (χ0n) is 21.9. The van der Waals surface area contributed by atoms with E-state index in [-0.39, 0.29) is 30.0 Å². The van der Waals surface area contributed by atoms with Crippen molar-refractivity contribution in [2.24, 2.45) is 58.0 Å². The number of carbonyl (C=O) groups excluding carboxylic acids is 2. The average molecular weight is 489 g/mol. The first kappa shape index (κ1) is 26.8. The molecule has 4 fully saturated rings. The highest BCUT2D eigenvalue weighted by Crippen LogP contribution is 2.69. The molecule has 0 aromatic carbocycles. The zero-order chi connectivity index (χ0) is 25.5. The van der Waals surface area contributed by atoms with Crippen LogP contribution in [0.3, 0.4) is 0 Å². The third-order valence-electron chi connectivity index (χ3n) is 11.6. The van der Waals surface area contributed by atoms with E-state index in [1.165, 1.54) is 25.7 Å². The van der Waals surface area contributed by atoms with Crippen molar-refractivity contribution in [1.29, 1.82) is 0 Å². The largest absolute Gasteiger partial charge is 0.480 e. The number of carbonyl (C=O) groups is 2. The summed E-state index contributed by atoms with van der Waals surface area (Å²) in [5, 5.41) is 19.9. The summed E-state index contributed by atoms with van der Waals surface area (Å²) in [5.74, 6) is 2.10. The lowest BCUT2D eigenvalue weighted by Gasteiger charge is -2.63. The van der Waals surface area contributed by atoms with Crippen molar-refractivity contribution < 1.29 is 24.6 Å². The number of aliphatic carboxylic acids is 1. The molecule has 35 heavy (non-hydrogen) atoms. The van der Waals surface area contributed by atoms with E-state index < -0.39 is 18.1 Å². The Kier molecular flexibility index (Phi) is 7.84. The summed E-state index contributed by atoms with van der Waals surface area (Å²) >= 11 is 0. The molecule has 0 amide bonds. The predicted octanol–water partition coefficient (Wildman–Crippen LogP) is 4.52. The molecule has 4 aliphatic rings. The van der Waals surface area contributed by atoms with Gasteiger partial charge < -0.3 is 15.9 Å². The molecule has 0 aromatic rings. The summed E-state index contributed by atoms with van der Waals surface area (Å²) < 4.78 is 0. The quantitative estimate of drug-likeness (QED) is 0.439. The third-order valence-corrected chi connectivity index (χ3v) is 11.6. The van der Waals surface area contributed by atoms with Crippen LogP contribution in [0.15, 0.2) is 0 Å². The number of hydrogen-bond donors (Lipinski definition) is 3. The van der Waals surface area contributed by atoms with Crippen LogP contribution < -0.4 is 5.73 Å². The second-order valence-corrected chi connectivity index (χ2v) is 13.0. The molecule has 0 heterocycles. The summed E-state index contributed by atoms with van der Waals surface area (Å²) in [6, 6.07) is -1.01. The molecule has 197 valence electrons. The fourth-order valence-electron chi connectivity index (χ4n) is 9.87. The van der Waals surface area contributed by atoms with Crippen LogP contribution in [-0.4, -0.2) is 40.4 Å². The minimum Gasteiger partial charge on any atom is -0.480 e. The summed E-state index contributed by atoms with van der Waals surface area (Å²) in [4.78, 5) is 35.6. The normalized spacial score (nSPS) is 44.4. The van der Waals surface area contributed by atoms with Crippen LogP contribution in [0.25, 0.3) is 0 Å². The van der Waals surface area contributed by atoms with Gasteiger partial charge in [0.25, 0.3) is 0 Å². The Morgan fingerprint density at radius 2 is 1.80 bits per heavy atom. The van der Waals surface area contributed by atoms with Gasteiger partial charge in [-0.2, -0.15) is 0 Å². The lowest BCUT2D eigenvalue weighted by atomic mass is 9.41. The molecular weight excluding hydrogens is 442 g/mol. The SMILES string of the molecule is C[C@H](CC[C]=O)[C@H]1CCC2C3CCC4C[C@H](O)CC(C(=O)CC[C@H](N)C(=O)O)[C@]4(C)C3CC[C@@]21C. The van der Waals surface area contributed by atoms with Gasteiger partial charge in [0.15, 0.2) is 6.29 Å². The maximum absolute atomic E-state index is 13.5. The van der Waals surface area contributed by atoms with Crippen molar-refractivity contribution in [2.45, 2.75) is 110 Å². The Morgan fingerprint density at radius 3 is 2.49 bits per heavy atom. The number of fused-ring (bicyclic) bond motifs is 5. The summed E-state index contributed by atoms with van der Waals surface area (Å²) in [5.41, 5.74) is 5.88. The monoisotopic (exact) mass is 488 g/mol. The minimum absolute atomic E-state index is 0.102. The molecule has 0 bridgehead atoms. The highest BCUT2D eigenvalue weighted by molar-refractivity contribution is 5.83. The van der Waals surface area contributed by atoms with Crippen molar-refractivity contribution in [3.05, 3.63) is 0 Å². The van der Waals surface area contributed by atoms with Crippen molar-refractivity contribution in [2.75, 3.05) is 0 Å². The van der Waals surface area contributed by atoms with Gasteiger partial charge >= 0.3 is 5.97 Å². The van der Waals surface area contributed by atoms with Crippen LogP contribution in [0.1, 0.15) is 97.8 Å². The first-order valence-corrected chi connectivity index (χ1v) is 14.1. The second kappa shape index (κ2) is 10.2. The van der Waals surface area contributed by atoms with Crippen molar-refractivity contribution in [3.8, 4) is 0 Å². The fraction of sp³-hybridized carbons (Fsp3) is 0.897. The number of rotatable bonds is 9. The Labute approximate surface area is 210 Å². The van der Waals surface area contributed by atoms with E-state index in [0.717, 1.165) is 25.7 Å². The standard InChI is InChI=1S/C29H46NO5/c1-17(5-4-14-31)21-8-9-22-20-7-6-18-15-19(32)16-24(26(33)11-10-25(30)27(34)35)29(18,3)23(20)12-13-28(21,22)2/h17-25,32H,4-13,15-16,30H2,1-3H3,(H,34,35)/t17-,18?,19+,20?,21-,22?,23?,24?,25+,28-,29+/m1/s1. The molecule has 0 aromatic heterocycles. The van der Waals surface area contributed by atoms with E-state index in [0.29, 0.717) is 53.8 Å². The number of carboxylic acid groups (broad SMARTS) is 1. The van der Waals surface area contributed by atoms with Crippen molar-refractivity contribution >= 4 is 18.0 Å². The van der Waals surface area contributed by atoms with Gasteiger partial charge in [0.1, 0.15) is 11.8 Å². The Balaban J connectivity index is 1.56. The first-order valence-electron chi connectivity index (χ1n) is 14.1. The molecule has 0 aliphatic heterocycles. The summed E-state index contributed by atoms with van der Waals surface area (Å²) in [7, 11) is 0.